The lowest BCUT2D eigenvalue weighted by Gasteiger charge is -2.54. The van der Waals surface area contributed by atoms with Gasteiger partial charge in [0.05, 0.1) is 43.6 Å². The molecule has 131 heavy (non-hydrogen) atoms. The number of carbonyl (C=O) groups is 6. The van der Waals surface area contributed by atoms with Crippen LogP contribution in [0.2, 0.25) is 18.1 Å². The van der Waals surface area contributed by atoms with Crippen molar-refractivity contribution in [2.75, 3.05) is 13.2 Å². The molecule has 0 aliphatic carbocycles. The molecule has 15 rings (SSSR count). The van der Waals surface area contributed by atoms with E-state index in [2.05, 4.69) is 10.6 Å². The van der Waals surface area contributed by atoms with Gasteiger partial charge >= 0.3 is 23.9 Å². The molecule has 6 aliphatic heterocycles. The summed E-state index contributed by atoms with van der Waals surface area (Å²) in [6.45, 7) is 10.1. The van der Waals surface area contributed by atoms with E-state index in [-0.39, 0.29) is 44.2 Å². The topological polar surface area (TPSA) is 293 Å². The summed E-state index contributed by atoms with van der Waals surface area (Å²) in [4.78, 5) is 94.0. The first-order valence-electron chi connectivity index (χ1n) is 42.6. The van der Waals surface area contributed by atoms with Gasteiger partial charge in [0.1, 0.15) is 85.7 Å². The van der Waals surface area contributed by atoms with Gasteiger partial charge in [-0.2, -0.15) is 0 Å². The van der Waals surface area contributed by atoms with E-state index in [1.807, 2.05) is 108 Å². The SMILES string of the molecule is Cc1ccc(S[C@@H]2O[C@@H]3CO[C@@H](c4ccccc4)O[C@H]3[C@H](O[C@@H]3O[C@H](C(=O)OCc4ccccc4)[C@@H](O[C@@H]4O[C@@H]5CO[C@@H](c6ccccc6)O[C@H]5[C@H](O[C@@H]5O[C@H](C(=O)OCc6ccccc6)[C@@H](O[Si](C)(C)C(C)(C)C)[C@H](OCc6ccccc6)[C@H]5OC(=O)c5ccccc5)[C@H]4NC(=O)C(Cl)(Cl)Cl)[C@H](OCc4ccccc4)[C@H]3OC(=O)c3ccccc3)[C@H]2NC(=O)C(Cl)(Cl)Cl)cc1. The molecule has 6 saturated heterocycles. The van der Waals surface area contributed by atoms with Crippen LogP contribution in [0, 0.1) is 6.92 Å². The smallest absolute Gasteiger partial charge is 0.338 e. The number of alkyl halides is 6. The summed E-state index contributed by atoms with van der Waals surface area (Å²) in [5, 5.41) is 5.16. The molecule has 6 fully saturated rings. The van der Waals surface area contributed by atoms with Crippen LogP contribution < -0.4 is 10.6 Å². The van der Waals surface area contributed by atoms with Crippen LogP contribution in [0.5, 0.6) is 0 Å². The first-order valence-corrected chi connectivity index (χ1v) is 48.7. The zero-order valence-electron chi connectivity index (χ0n) is 71.8. The van der Waals surface area contributed by atoms with Crippen LogP contribution in [0.15, 0.2) is 272 Å². The maximum absolute atomic E-state index is 16.4. The number of carbonyl (C=O) groups excluding carboxylic acids is 6. The second kappa shape index (κ2) is 43.9. The van der Waals surface area contributed by atoms with Crippen molar-refractivity contribution in [1.82, 2.24) is 10.6 Å². The van der Waals surface area contributed by atoms with E-state index in [0.717, 1.165) is 5.56 Å². The van der Waals surface area contributed by atoms with Gasteiger partial charge in [-0.05, 0) is 83.7 Å². The number of hydrogen-bond donors (Lipinski definition) is 2. The van der Waals surface area contributed by atoms with Crippen molar-refractivity contribution in [3.05, 3.63) is 317 Å². The second-order valence-corrected chi connectivity index (χ2v) is 44.0. The van der Waals surface area contributed by atoms with Crippen molar-refractivity contribution < 1.29 is 114 Å². The third kappa shape index (κ3) is 24.6. The van der Waals surface area contributed by atoms with E-state index in [4.69, 9.17) is 155 Å². The average molecular weight is 1950 g/mol. The maximum atomic E-state index is 16.4. The lowest BCUT2D eigenvalue weighted by molar-refractivity contribution is -0.394. The van der Waals surface area contributed by atoms with E-state index in [1.165, 1.54) is 36.0 Å². The van der Waals surface area contributed by atoms with E-state index in [9.17, 15) is 4.79 Å². The van der Waals surface area contributed by atoms with Crippen molar-refractivity contribution in [1.29, 1.82) is 0 Å². The van der Waals surface area contributed by atoms with Crippen LogP contribution in [-0.4, -0.2) is 187 Å². The fourth-order valence-corrected chi connectivity index (χ4v) is 18.3. The molecule has 6 heterocycles. The molecule has 26 nitrogen and oxygen atoms in total. The number of fused-ring (bicyclic) bond motifs is 2. The minimum Gasteiger partial charge on any atom is -0.459 e. The number of ether oxygens (including phenoxy) is 17. The Hall–Kier alpha value is -8.45. The first-order chi connectivity index (χ1) is 63.0. The number of rotatable bonds is 30. The molecule has 692 valence electrons. The Kier molecular flexibility index (Phi) is 32.6. The predicted molar refractivity (Wildman–Crippen MR) is 487 cm³/mol. The molecule has 0 unspecified atom stereocenters. The highest BCUT2D eigenvalue weighted by atomic mass is 35.6. The Bertz CT molecular complexity index is 5250. The number of aryl methyl sites for hydroxylation is 1. The number of esters is 4. The highest BCUT2D eigenvalue weighted by Gasteiger charge is 2.64. The number of nitrogens with one attached hydrogen (secondary N) is 2. The van der Waals surface area contributed by atoms with Gasteiger partial charge in [-0.1, -0.05) is 338 Å². The quantitative estimate of drug-likeness (QED) is 0.0183. The van der Waals surface area contributed by atoms with Crippen LogP contribution in [-0.2, 0) is 131 Å². The second-order valence-electron chi connectivity index (χ2n) is 33.5. The van der Waals surface area contributed by atoms with Crippen LogP contribution in [0.1, 0.15) is 93.0 Å². The number of halogens is 6. The Morgan fingerprint density at radius 1 is 0.397 bits per heavy atom. The predicted octanol–water partition coefficient (Wildman–Crippen LogP) is 16.6. The fourth-order valence-electron chi connectivity index (χ4n) is 15.6. The van der Waals surface area contributed by atoms with Gasteiger partial charge in [-0.3, -0.25) is 9.59 Å². The van der Waals surface area contributed by atoms with Gasteiger partial charge in [0.25, 0.3) is 19.4 Å². The van der Waals surface area contributed by atoms with Crippen molar-refractivity contribution in [2.24, 2.45) is 0 Å². The molecule has 0 aromatic heterocycles. The molecule has 2 amide bonds. The van der Waals surface area contributed by atoms with Crippen LogP contribution >= 0.6 is 81.4 Å². The van der Waals surface area contributed by atoms with Gasteiger partial charge in [0.2, 0.25) is 0 Å². The van der Waals surface area contributed by atoms with Crippen molar-refractivity contribution in [3.63, 3.8) is 0 Å². The molecule has 6 aliphatic rings. The number of benzene rings is 9. The Balaban J connectivity index is 0.913. The Labute approximate surface area is 793 Å². The summed E-state index contributed by atoms with van der Waals surface area (Å²) in [5.74, 6) is -6.51. The number of amides is 2. The van der Waals surface area contributed by atoms with Gasteiger partial charge in [-0.15, -0.1) is 0 Å². The van der Waals surface area contributed by atoms with E-state index >= 15 is 24.0 Å². The number of thioether (sulfide) groups is 1. The normalized spacial score (nSPS) is 28.1. The minimum atomic E-state index is -3.16. The maximum Gasteiger partial charge on any atom is 0.338 e. The van der Waals surface area contributed by atoms with Crippen molar-refractivity contribution >= 4 is 125 Å². The molecule has 0 radical (unpaired) electrons. The zero-order chi connectivity index (χ0) is 92.1. The zero-order valence-corrected chi connectivity index (χ0v) is 78.2. The Morgan fingerprint density at radius 2 is 0.756 bits per heavy atom. The lowest BCUT2D eigenvalue weighted by Crippen LogP contribution is -2.73. The van der Waals surface area contributed by atoms with E-state index in [0.29, 0.717) is 38.3 Å². The van der Waals surface area contributed by atoms with Crippen LogP contribution in [0.3, 0.4) is 0 Å². The third-order valence-electron chi connectivity index (χ3n) is 23.3. The van der Waals surface area contributed by atoms with Crippen LogP contribution in [0.4, 0.5) is 0 Å². The summed E-state index contributed by atoms with van der Waals surface area (Å²) in [6, 6.07) is 73.3. The van der Waals surface area contributed by atoms with Crippen LogP contribution in [0.25, 0.3) is 0 Å². The van der Waals surface area contributed by atoms with Gasteiger partial charge in [0, 0.05) is 16.0 Å². The Morgan fingerprint density at radius 3 is 1.17 bits per heavy atom. The molecule has 0 spiro atoms. The highest BCUT2D eigenvalue weighted by Crippen LogP contribution is 2.48. The van der Waals surface area contributed by atoms with E-state index < -0.39 is 198 Å². The monoisotopic (exact) mass is 1940 g/mol. The van der Waals surface area contributed by atoms with Crippen molar-refractivity contribution in [3.8, 4) is 0 Å². The van der Waals surface area contributed by atoms with E-state index in [1.54, 1.807) is 176 Å². The summed E-state index contributed by atoms with van der Waals surface area (Å²) < 4.78 is 121. The summed E-state index contributed by atoms with van der Waals surface area (Å²) in [6.07, 6.45) is -32.2. The fraction of sp³-hybridized carbons (Fsp3) is 0.381. The molecule has 0 bridgehead atoms. The summed E-state index contributed by atoms with van der Waals surface area (Å²) >= 11 is 40.9. The minimum absolute atomic E-state index is 0.000842. The highest BCUT2D eigenvalue weighted by molar-refractivity contribution is 7.99. The van der Waals surface area contributed by atoms with Gasteiger partial charge in [-0.25, -0.2) is 19.2 Å². The van der Waals surface area contributed by atoms with Gasteiger partial charge < -0.3 is 95.6 Å². The van der Waals surface area contributed by atoms with Gasteiger partial charge in [0.15, 0.2) is 64.2 Å². The summed E-state index contributed by atoms with van der Waals surface area (Å²) in [5.41, 5.74) is 3.16. The molecule has 34 heteroatoms. The van der Waals surface area contributed by atoms with Crippen molar-refractivity contribution in [2.45, 2.75) is 219 Å². The molecule has 2 N–H and O–H groups in total. The molecular weight excluding hydrogens is 1850 g/mol. The molecule has 9 aromatic rings. The average Bonchev–Trinajstić information content (AvgIpc) is 0.745. The molecular formula is C97H98Cl6N2O24SSi. The third-order valence-corrected chi connectivity index (χ3v) is 30.0. The molecule has 9 aromatic carbocycles. The first kappa shape index (κ1) is 97.1. The lowest BCUT2D eigenvalue weighted by atomic mass is 9.93. The molecule has 22 atom stereocenters. The number of hydrogen-bond acceptors (Lipinski definition) is 25. The largest absolute Gasteiger partial charge is 0.459 e. The standard InChI is InChI=1S/C97H98Cl6N2O24SSi/c1-57-47-49-66(50-48-57)130-92-70(105-94(111)97(101,102)103)74(72-68(119-92)56-117-88(123-72)65-45-29-14-30-46-65)125-90-81(120-83(106)62-39-23-11-24-40-62)75(112-51-58-31-15-7-16-32-58)77(79(127-90)85(108)114-53-60-35-19-9-20-36-60)126-89-69(104-93(110)96(98,99)100)73(71-67(118-89)55-116-87(122-71)64-43-27-13-28-44-64)124-91-82(121-84(107)63-41-25-12-26-42-63)76(113-52-59-33-17-8-18-34-59)78(129-131(5,6)95(2,3)4)80(128-91)86(109)115-54-61-37-21-10-22-38-61/h7-50,67-82,87-92H,51-56H2,1-6H3,(H,104,110)(H,105,111)/t67-,68-,69-,70-,71-,72-,73-,74-,75+,76+,77+,78+,79+,80+,81-,82-,87-,88-,89+,90-,91-,92+/m1/s1. The summed E-state index contributed by atoms with van der Waals surface area (Å²) in [7, 11) is -3.16. The molecule has 0 saturated carbocycles.